The molecule has 0 saturated heterocycles. The first-order chi connectivity index (χ1) is 7.74. The van der Waals surface area contributed by atoms with Crippen molar-refractivity contribution in [2.75, 3.05) is 25.6 Å². The first-order valence-electron chi connectivity index (χ1n) is 5.54. The molecule has 88 valence electrons. The molecule has 1 aromatic rings. The van der Waals surface area contributed by atoms with Crippen LogP contribution < -0.4 is 5.32 Å². The smallest absolute Gasteiger partial charge is 0.154 e. The quantitative estimate of drug-likeness (QED) is 0.768. The van der Waals surface area contributed by atoms with Gasteiger partial charge in [0.05, 0.1) is 6.54 Å². The van der Waals surface area contributed by atoms with Crippen molar-refractivity contribution in [3.8, 4) is 0 Å². The molecule has 1 atom stereocenters. The number of benzene rings is 1. The highest BCUT2D eigenvalue weighted by Gasteiger charge is 2.11. The normalized spacial score (nSPS) is 12.1. The molecule has 0 heterocycles. The third-order valence-corrected chi connectivity index (χ3v) is 2.55. The van der Waals surface area contributed by atoms with E-state index in [1.54, 1.807) is 7.11 Å². The summed E-state index contributed by atoms with van der Waals surface area (Å²) < 4.78 is 4.95. The molecule has 0 aromatic heterocycles. The van der Waals surface area contributed by atoms with Crippen LogP contribution in [0.4, 0.5) is 5.69 Å². The molecule has 16 heavy (non-hydrogen) atoms. The van der Waals surface area contributed by atoms with Gasteiger partial charge in [-0.15, -0.1) is 0 Å². The van der Waals surface area contributed by atoms with Crippen molar-refractivity contribution >= 4 is 11.5 Å². The van der Waals surface area contributed by atoms with Crippen LogP contribution in [-0.2, 0) is 9.53 Å². The predicted octanol–water partition coefficient (Wildman–Crippen LogP) is 2.34. The summed E-state index contributed by atoms with van der Waals surface area (Å²) in [6, 6.07) is 9.75. The van der Waals surface area contributed by atoms with Crippen molar-refractivity contribution in [1.29, 1.82) is 0 Å². The van der Waals surface area contributed by atoms with E-state index in [1.807, 2.05) is 37.3 Å². The zero-order valence-corrected chi connectivity index (χ0v) is 9.90. The van der Waals surface area contributed by atoms with E-state index < -0.39 is 0 Å². The summed E-state index contributed by atoms with van der Waals surface area (Å²) in [5, 5.41) is 3.11. The van der Waals surface area contributed by atoms with E-state index in [0.29, 0.717) is 13.2 Å². The van der Waals surface area contributed by atoms with Gasteiger partial charge < -0.3 is 10.1 Å². The topological polar surface area (TPSA) is 38.3 Å². The van der Waals surface area contributed by atoms with Gasteiger partial charge in [0.15, 0.2) is 5.78 Å². The van der Waals surface area contributed by atoms with E-state index in [2.05, 4.69) is 5.32 Å². The van der Waals surface area contributed by atoms with Crippen LogP contribution in [0.3, 0.4) is 0 Å². The first-order valence-corrected chi connectivity index (χ1v) is 5.54. The summed E-state index contributed by atoms with van der Waals surface area (Å²) in [5.74, 6) is 0.275. The maximum Gasteiger partial charge on any atom is 0.154 e. The second-order valence-corrected chi connectivity index (χ2v) is 3.87. The maximum atomic E-state index is 11.7. The molecule has 1 N–H and O–H groups in total. The average molecular weight is 221 g/mol. The maximum absolute atomic E-state index is 11.7. The Hall–Kier alpha value is -1.35. The second kappa shape index (κ2) is 7.01. The van der Waals surface area contributed by atoms with Crippen molar-refractivity contribution in [1.82, 2.24) is 0 Å². The Morgan fingerprint density at radius 1 is 1.38 bits per heavy atom. The zero-order valence-electron chi connectivity index (χ0n) is 9.90. The summed E-state index contributed by atoms with van der Waals surface area (Å²) in [5.41, 5.74) is 0.981. The molecule has 1 rings (SSSR count). The Morgan fingerprint density at radius 2 is 2.06 bits per heavy atom. The minimum atomic E-state index is 0.0520. The van der Waals surface area contributed by atoms with Crippen LogP contribution in [0.5, 0.6) is 0 Å². The van der Waals surface area contributed by atoms with Crippen LogP contribution in [0, 0.1) is 5.92 Å². The third kappa shape index (κ3) is 4.45. The summed E-state index contributed by atoms with van der Waals surface area (Å²) in [4.78, 5) is 11.7. The summed E-state index contributed by atoms with van der Waals surface area (Å²) in [6.07, 6.45) is 0.784. The molecule has 1 unspecified atom stereocenters. The number of para-hydroxylation sites is 1. The largest absolute Gasteiger partial charge is 0.385 e. The standard InChI is InChI=1S/C13H19NO2/c1-11(8-9-16-2)13(15)10-14-12-6-4-3-5-7-12/h3-7,11,14H,8-10H2,1-2H3. The van der Waals surface area contributed by atoms with Gasteiger partial charge in [-0.1, -0.05) is 25.1 Å². The van der Waals surface area contributed by atoms with Gasteiger partial charge in [-0.3, -0.25) is 4.79 Å². The lowest BCUT2D eigenvalue weighted by atomic mass is 10.0. The number of nitrogens with one attached hydrogen (secondary N) is 1. The van der Waals surface area contributed by atoms with Gasteiger partial charge in [-0.2, -0.15) is 0 Å². The summed E-state index contributed by atoms with van der Waals surface area (Å²) >= 11 is 0. The molecule has 1 aromatic carbocycles. The number of ketones is 1. The minimum Gasteiger partial charge on any atom is -0.385 e. The molecular formula is C13H19NO2. The molecular weight excluding hydrogens is 202 g/mol. The highest BCUT2D eigenvalue weighted by molar-refractivity contribution is 5.84. The average Bonchev–Trinajstić information content (AvgIpc) is 2.34. The van der Waals surface area contributed by atoms with Crippen LogP contribution in [0.2, 0.25) is 0 Å². The van der Waals surface area contributed by atoms with Crippen molar-refractivity contribution in [3.63, 3.8) is 0 Å². The molecule has 0 bridgehead atoms. The fourth-order valence-corrected chi connectivity index (χ4v) is 1.38. The van der Waals surface area contributed by atoms with Crippen molar-refractivity contribution in [3.05, 3.63) is 30.3 Å². The van der Waals surface area contributed by atoms with E-state index in [4.69, 9.17) is 4.74 Å². The van der Waals surface area contributed by atoms with Crippen LogP contribution in [0.1, 0.15) is 13.3 Å². The Bertz CT molecular complexity index is 311. The molecule has 0 spiro atoms. The van der Waals surface area contributed by atoms with Crippen molar-refractivity contribution < 1.29 is 9.53 Å². The van der Waals surface area contributed by atoms with Gasteiger partial charge in [0.1, 0.15) is 0 Å². The predicted molar refractivity (Wildman–Crippen MR) is 65.6 cm³/mol. The van der Waals surface area contributed by atoms with Gasteiger partial charge in [0.25, 0.3) is 0 Å². The minimum absolute atomic E-state index is 0.0520. The van der Waals surface area contributed by atoms with Crippen LogP contribution >= 0.6 is 0 Å². The Balaban J connectivity index is 2.29. The lowest BCUT2D eigenvalue weighted by molar-refractivity contribution is -0.121. The first kappa shape index (κ1) is 12.7. The summed E-state index contributed by atoms with van der Waals surface area (Å²) in [7, 11) is 1.65. The van der Waals surface area contributed by atoms with Gasteiger partial charge in [-0.05, 0) is 18.6 Å². The molecule has 0 aliphatic carbocycles. The molecule has 3 heteroatoms. The number of anilines is 1. The number of Topliss-reactive ketones (excluding diaryl/α,β-unsaturated/α-hetero) is 1. The monoisotopic (exact) mass is 221 g/mol. The SMILES string of the molecule is COCCC(C)C(=O)CNc1ccccc1. The highest BCUT2D eigenvalue weighted by Crippen LogP contribution is 2.07. The van der Waals surface area contributed by atoms with E-state index in [-0.39, 0.29) is 11.7 Å². The van der Waals surface area contributed by atoms with Crippen LogP contribution in [-0.4, -0.2) is 26.0 Å². The second-order valence-electron chi connectivity index (χ2n) is 3.87. The molecule has 0 radical (unpaired) electrons. The molecule has 0 aliphatic heterocycles. The fourth-order valence-electron chi connectivity index (χ4n) is 1.38. The number of carbonyl (C=O) groups excluding carboxylic acids is 1. The molecule has 3 nitrogen and oxygen atoms in total. The number of carbonyl (C=O) groups is 1. The number of hydrogen-bond acceptors (Lipinski definition) is 3. The van der Waals surface area contributed by atoms with Crippen LogP contribution in [0.15, 0.2) is 30.3 Å². The number of methoxy groups -OCH3 is 1. The van der Waals surface area contributed by atoms with Crippen molar-refractivity contribution in [2.45, 2.75) is 13.3 Å². The fraction of sp³-hybridized carbons (Fsp3) is 0.462. The summed E-state index contributed by atoms with van der Waals surface area (Å²) in [6.45, 7) is 2.96. The van der Waals surface area contributed by atoms with Gasteiger partial charge in [0, 0.05) is 25.3 Å². The molecule has 0 amide bonds. The number of rotatable bonds is 7. The Kier molecular flexibility index (Phi) is 5.57. The van der Waals surface area contributed by atoms with E-state index in [9.17, 15) is 4.79 Å². The zero-order chi connectivity index (χ0) is 11.8. The van der Waals surface area contributed by atoms with E-state index >= 15 is 0 Å². The number of ether oxygens (including phenoxy) is 1. The lowest BCUT2D eigenvalue weighted by Crippen LogP contribution is -2.21. The Morgan fingerprint density at radius 3 is 2.69 bits per heavy atom. The highest BCUT2D eigenvalue weighted by atomic mass is 16.5. The van der Waals surface area contributed by atoms with Gasteiger partial charge in [-0.25, -0.2) is 0 Å². The lowest BCUT2D eigenvalue weighted by Gasteiger charge is -2.11. The van der Waals surface area contributed by atoms with Crippen molar-refractivity contribution in [2.24, 2.45) is 5.92 Å². The molecule has 0 aliphatic rings. The number of hydrogen-bond donors (Lipinski definition) is 1. The van der Waals surface area contributed by atoms with Gasteiger partial charge >= 0.3 is 0 Å². The van der Waals surface area contributed by atoms with Gasteiger partial charge in [0.2, 0.25) is 0 Å². The molecule has 0 saturated carbocycles. The van der Waals surface area contributed by atoms with E-state index in [1.165, 1.54) is 0 Å². The van der Waals surface area contributed by atoms with E-state index in [0.717, 1.165) is 12.1 Å². The Labute approximate surface area is 96.8 Å². The van der Waals surface area contributed by atoms with Crippen LogP contribution in [0.25, 0.3) is 0 Å². The molecule has 0 fully saturated rings. The third-order valence-electron chi connectivity index (χ3n) is 2.55.